The van der Waals surface area contributed by atoms with Crippen molar-refractivity contribution in [2.75, 3.05) is 6.61 Å². The second-order valence-corrected chi connectivity index (χ2v) is 5.55. The van der Waals surface area contributed by atoms with Gasteiger partial charge in [0.05, 0.1) is 12.2 Å². The van der Waals surface area contributed by atoms with Gasteiger partial charge in [0.2, 0.25) is 0 Å². The van der Waals surface area contributed by atoms with Gasteiger partial charge in [-0.2, -0.15) is 0 Å². The van der Waals surface area contributed by atoms with E-state index in [1.165, 1.54) is 28.7 Å². The number of aryl methyl sites for hydroxylation is 3. The molecule has 1 fully saturated rings. The molecule has 1 aliphatic heterocycles. The molecule has 0 aliphatic carbocycles. The largest absolute Gasteiger partial charge is 0.390 e. The summed E-state index contributed by atoms with van der Waals surface area (Å²) < 4.78 is 5.67. The van der Waals surface area contributed by atoms with Crippen molar-refractivity contribution in [2.45, 2.75) is 58.7 Å². The molecule has 2 unspecified atom stereocenters. The summed E-state index contributed by atoms with van der Waals surface area (Å²) in [6.07, 6.45) is 3.66. The lowest BCUT2D eigenvalue weighted by atomic mass is 9.92. The Balaban J connectivity index is 2.08. The van der Waals surface area contributed by atoms with Crippen LogP contribution in [0, 0.1) is 20.8 Å². The van der Waals surface area contributed by atoms with Crippen molar-refractivity contribution in [3.05, 3.63) is 34.4 Å². The van der Waals surface area contributed by atoms with E-state index in [0.717, 1.165) is 19.4 Å². The van der Waals surface area contributed by atoms with Gasteiger partial charge in [0.1, 0.15) is 0 Å². The van der Waals surface area contributed by atoms with Gasteiger partial charge in [0.15, 0.2) is 0 Å². The molecule has 0 bridgehead atoms. The highest BCUT2D eigenvalue weighted by Gasteiger charge is 2.23. The average Bonchev–Trinajstić information content (AvgIpc) is 2.34. The van der Waals surface area contributed by atoms with Crippen LogP contribution in [-0.4, -0.2) is 23.9 Å². The molecule has 1 N–H and O–H groups in total. The second kappa shape index (κ2) is 5.85. The first kappa shape index (κ1) is 13.6. The maximum atomic E-state index is 10.3. The van der Waals surface area contributed by atoms with Crippen molar-refractivity contribution < 1.29 is 9.84 Å². The van der Waals surface area contributed by atoms with Gasteiger partial charge in [0.25, 0.3) is 0 Å². The smallest absolute Gasteiger partial charge is 0.0842 e. The number of hydrogen-bond donors (Lipinski definition) is 1. The van der Waals surface area contributed by atoms with Crippen molar-refractivity contribution in [1.82, 2.24) is 0 Å². The fourth-order valence-electron chi connectivity index (χ4n) is 2.94. The van der Waals surface area contributed by atoms with E-state index in [4.69, 9.17) is 4.74 Å². The number of rotatable bonds is 3. The molecule has 0 aromatic heterocycles. The zero-order valence-corrected chi connectivity index (χ0v) is 11.7. The Morgan fingerprint density at radius 1 is 1.22 bits per heavy atom. The van der Waals surface area contributed by atoms with Crippen molar-refractivity contribution in [2.24, 2.45) is 0 Å². The molecule has 18 heavy (non-hydrogen) atoms. The summed E-state index contributed by atoms with van der Waals surface area (Å²) >= 11 is 0. The zero-order valence-electron chi connectivity index (χ0n) is 11.7. The molecule has 1 heterocycles. The third-order valence-corrected chi connectivity index (χ3v) is 3.90. The molecular formula is C16H24O2. The van der Waals surface area contributed by atoms with Crippen LogP contribution in [0.25, 0.3) is 0 Å². The fraction of sp³-hybridized carbons (Fsp3) is 0.625. The minimum atomic E-state index is -0.370. The van der Waals surface area contributed by atoms with Crippen LogP contribution in [0.5, 0.6) is 0 Å². The van der Waals surface area contributed by atoms with E-state index >= 15 is 0 Å². The number of benzene rings is 1. The predicted octanol–water partition coefficient (Wildman–Crippen LogP) is 3.08. The normalized spacial score (nSPS) is 21.9. The Labute approximate surface area is 110 Å². The van der Waals surface area contributed by atoms with E-state index < -0.39 is 0 Å². The van der Waals surface area contributed by atoms with Gasteiger partial charge in [-0.1, -0.05) is 17.7 Å². The zero-order chi connectivity index (χ0) is 13.1. The first-order valence-electron chi connectivity index (χ1n) is 6.94. The molecule has 100 valence electrons. The van der Waals surface area contributed by atoms with E-state index in [0.29, 0.717) is 6.42 Å². The van der Waals surface area contributed by atoms with E-state index in [1.807, 2.05) is 0 Å². The number of ether oxygens (including phenoxy) is 1. The molecule has 2 rings (SSSR count). The van der Waals surface area contributed by atoms with Crippen LogP contribution in [0.4, 0.5) is 0 Å². The SMILES string of the molecule is Cc1cc(C)c(CC(O)C2CCCCO2)c(C)c1. The van der Waals surface area contributed by atoms with Gasteiger partial charge in [-0.25, -0.2) is 0 Å². The topological polar surface area (TPSA) is 29.5 Å². The van der Waals surface area contributed by atoms with Gasteiger partial charge >= 0.3 is 0 Å². The number of hydrogen-bond acceptors (Lipinski definition) is 2. The summed E-state index contributed by atoms with van der Waals surface area (Å²) in [5.41, 5.74) is 5.13. The highest BCUT2D eigenvalue weighted by atomic mass is 16.5. The number of aliphatic hydroxyl groups excluding tert-OH is 1. The second-order valence-electron chi connectivity index (χ2n) is 5.55. The first-order valence-corrected chi connectivity index (χ1v) is 6.94. The van der Waals surface area contributed by atoms with Crippen LogP contribution in [0.1, 0.15) is 41.5 Å². The van der Waals surface area contributed by atoms with E-state index in [9.17, 15) is 5.11 Å². The molecule has 1 aromatic carbocycles. The predicted molar refractivity (Wildman–Crippen MR) is 74.0 cm³/mol. The lowest BCUT2D eigenvalue weighted by Crippen LogP contribution is -2.34. The van der Waals surface area contributed by atoms with Crippen LogP contribution in [-0.2, 0) is 11.2 Å². The van der Waals surface area contributed by atoms with E-state index in [1.54, 1.807) is 0 Å². The summed E-state index contributed by atoms with van der Waals surface area (Å²) in [4.78, 5) is 0. The molecule has 2 heteroatoms. The quantitative estimate of drug-likeness (QED) is 0.890. The van der Waals surface area contributed by atoms with Crippen LogP contribution in [0.15, 0.2) is 12.1 Å². The Hall–Kier alpha value is -0.860. The van der Waals surface area contributed by atoms with Crippen molar-refractivity contribution >= 4 is 0 Å². The van der Waals surface area contributed by atoms with Gasteiger partial charge in [-0.3, -0.25) is 0 Å². The van der Waals surface area contributed by atoms with Gasteiger partial charge in [-0.05, 0) is 56.7 Å². The van der Waals surface area contributed by atoms with Crippen molar-refractivity contribution in [3.8, 4) is 0 Å². The summed E-state index contributed by atoms with van der Waals surface area (Å²) in [5.74, 6) is 0. The minimum absolute atomic E-state index is 0.0267. The highest BCUT2D eigenvalue weighted by molar-refractivity contribution is 5.37. The van der Waals surface area contributed by atoms with Crippen molar-refractivity contribution in [3.63, 3.8) is 0 Å². The Kier molecular flexibility index (Phi) is 4.41. The molecule has 1 aliphatic rings. The Bertz CT molecular complexity index is 383. The van der Waals surface area contributed by atoms with Gasteiger partial charge in [-0.15, -0.1) is 0 Å². The summed E-state index contributed by atoms with van der Waals surface area (Å²) in [6.45, 7) is 7.17. The maximum absolute atomic E-state index is 10.3. The molecule has 1 aromatic rings. The molecule has 0 amide bonds. The van der Waals surface area contributed by atoms with Gasteiger partial charge < -0.3 is 9.84 Å². The summed E-state index contributed by atoms with van der Waals surface area (Å²) in [7, 11) is 0. The molecule has 0 spiro atoms. The molecule has 1 saturated heterocycles. The van der Waals surface area contributed by atoms with Crippen LogP contribution >= 0.6 is 0 Å². The minimum Gasteiger partial charge on any atom is -0.390 e. The summed E-state index contributed by atoms with van der Waals surface area (Å²) in [5, 5.41) is 10.3. The summed E-state index contributed by atoms with van der Waals surface area (Å²) in [6, 6.07) is 4.38. The monoisotopic (exact) mass is 248 g/mol. The van der Waals surface area contributed by atoms with E-state index in [-0.39, 0.29) is 12.2 Å². The lowest BCUT2D eigenvalue weighted by molar-refractivity contribution is -0.0612. The number of aliphatic hydroxyl groups is 1. The molecule has 0 radical (unpaired) electrons. The molecule has 0 saturated carbocycles. The average molecular weight is 248 g/mol. The van der Waals surface area contributed by atoms with Gasteiger partial charge in [0, 0.05) is 13.0 Å². The van der Waals surface area contributed by atoms with Crippen LogP contribution < -0.4 is 0 Å². The van der Waals surface area contributed by atoms with Crippen LogP contribution in [0.3, 0.4) is 0 Å². The third-order valence-electron chi connectivity index (χ3n) is 3.90. The lowest BCUT2D eigenvalue weighted by Gasteiger charge is -2.28. The molecule has 2 atom stereocenters. The van der Waals surface area contributed by atoms with Crippen molar-refractivity contribution in [1.29, 1.82) is 0 Å². The highest BCUT2D eigenvalue weighted by Crippen LogP contribution is 2.22. The fourth-order valence-corrected chi connectivity index (χ4v) is 2.94. The standard InChI is InChI=1S/C16H24O2/c1-11-8-12(2)14(13(3)9-11)10-15(17)16-6-4-5-7-18-16/h8-9,15-17H,4-7,10H2,1-3H3. The molecular weight excluding hydrogens is 224 g/mol. The third kappa shape index (κ3) is 3.12. The van der Waals surface area contributed by atoms with Crippen LogP contribution in [0.2, 0.25) is 0 Å². The Morgan fingerprint density at radius 2 is 1.89 bits per heavy atom. The maximum Gasteiger partial charge on any atom is 0.0842 e. The first-order chi connectivity index (χ1) is 8.58. The Morgan fingerprint density at radius 3 is 2.44 bits per heavy atom. The molecule has 2 nitrogen and oxygen atoms in total. The van der Waals surface area contributed by atoms with E-state index in [2.05, 4.69) is 32.9 Å².